The third kappa shape index (κ3) is 3.96. The second kappa shape index (κ2) is 9.17. The van der Waals surface area contributed by atoms with E-state index in [9.17, 15) is 0 Å². The summed E-state index contributed by atoms with van der Waals surface area (Å²) in [5, 5.41) is 4.34. The Bertz CT molecular complexity index is 1310. The van der Waals surface area contributed by atoms with Crippen LogP contribution in [0, 0.1) is 5.82 Å². The summed E-state index contributed by atoms with van der Waals surface area (Å²) in [6.45, 7) is 6.61. The topological polar surface area (TPSA) is 66.4 Å². The van der Waals surface area contributed by atoms with Gasteiger partial charge in [-0.3, -0.25) is 9.88 Å². The van der Waals surface area contributed by atoms with Crippen molar-refractivity contribution < 1.29 is 9.13 Å². The number of ether oxygens (including phenoxy) is 1. The molecule has 0 radical (unpaired) electrons. The van der Waals surface area contributed by atoms with Crippen molar-refractivity contribution in [1.82, 2.24) is 25.2 Å². The lowest BCUT2D eigenvalue weighted by atomic mass is 9.95. The van der Waals surface area contributed by atoms with Crippen LogP contribution in [0.3, 0.4) is 0 Å². The minimum Gasteiger partial charge on any atom is -0.461 e. The van der Waals surface area contributed by atoms with Crippen LogP contribution in [0.4, 0.5) is 10.2 Å². The molecule has 7 rings (SSSR count). The summed E-state index contributed by atoms with van der Waals surface area (Å²) in [5.74, 6) is 0.346. The van der Waals surface area contributed by atoms with Gasteiger partial charge in [0.25, 0.3) is 0 Å². The van der Waals surface area contributed by atoms with E-state index in [0.717, 1.165) is 75.2 Å². The molecule has 8 heteroatoms. The molecule has 194 valence electrons. The first-order chi connectivity index (χ1) is 18.1. The zero-order chi connectivity index (χ0) is 25.0. The SMILES string of the molecule is CCc1ccccc1-c1ncc2c(N3C[C@H]4CC[C@@H](C3)N4)nc(OCC34CCCN3CCC4)nc2c1F. The van der Waals surface area contributed by atoms with Gasteiger partial charge in [-0.05, 0) is 63.6 Å². The minimum absolute atomic E-state index is 0.0780. The fourth-order valence-corrected chi connectivity index (χ4v) is 7.20. The van der Waals surface area contributed by atoms with E-state index in [0.29, 0.717) is 35.3 Å². The summed E-state index contributed by atoms with van der Waals surface area (Å²) in [6, 6.07) is 9.05. The Kier molecular flexibility index (Phi) is 5.77. The number of hydrogen-bond acceptors (Lipinski definition) is 7. The lowest BCUT2D eigenvalue weighted by Gasteiger charge is -2.34. The number of aromatic nitrogens is 3. The first-order valence-corrected chi connectivity index (χ1v) is 14.0. The fraction of sp³-hybridized carbons (Fsp3) is 0.552. The number of nitrogens with zero attached hydrogens (tertiary/aromatic N) is 5. The number of halogens is 1. The van der Waals surface area contributed by atoms with Crippen LogP contribution in [0.1, 0.15) is 51.0 Å². The van der Waals surface area contributed by atoms with Gasteiger partial charge in [0.1, 0.15) is 23.6 Å². The molecule has 1 aromatic carbocycles. The monoisotopic (exact) mass is 502 g/mol. The average Bonchev–Trinajstić information content (AvgIpc) is 3.61. The van der Waals surface area contributed by atoms with Crippen LogP contribution < -0.4 is 15.0 Å². The highest BCUT2D eigenvalue weighted by molar-refractivity contribution is 5.92. The van der Waals surface area contributed by atoms with Crippen LogP contribution in [-0.4, -0.2) is 70.3 Å². The van der Waals surface area contributed by atoms with Crippen LogP contribution in [0.25, 0.3) is 22.2 Å². The maximum absolute atomic E-state index is 16.3. The molecule has 0 spiro atoms. The van der Waals surface area contributed by atoms with Gasteiger partial charge in [0.15, 0.2) is 5.82 Å². The van der Waals surface area contributed by atoms with Crippen molar-refractivity contribution in [2.45, 2.75) is 69.5 Å². The lowest BCUT2D eigenvalue weighted by Crippen LogP contribution is -2.51. The van der Waals surface area contributed by atoms with Crippen molar-refractivity contribution in [2.24, 2.45) is 0 Å². The minimum atomic E-state index is -0.397. The molecular formula is C29H35FN6O. The summed E-state index contributed by atoms with van der Waals surface area (Å²) in [7, 11) is 0. The predicted molar refractivity (Wildman–Crippen MR) is 143 cm³/mol. The maximum atomic E-state index is 16.3. The van der Waals surface area contributed by atoms with E-state index in [-0.39, 0.29) is 11.5 Å². The smallest absolute Gasteiger partial charge is 0.319 e. The van der Waals surface area contributed by atoms with Crippen molar-refractivity contribution >= 4 is 16.7 Å². The molecule has 3 aromatic rings. The van der Waals surface area contributed by atoms with Gasteiger partial charge in [0.2, 0.25) is 0 Å². The van der Waals surface area contributed by atoms with Crippen LogP contribution in [-0.2, 0) is 6.42 Å². The van der Waals surface area contributed by atoms with Crippen molar-refractivity contribution in [3.63, 3.8) is 0 Å². The van der Waals surface area contributed by atoms with Crippen molar-refractivity contribution in [3.05, 3.63) is 41.8 Å². The highest BCUT2D eigenvalue weighted by atomic mass is 19.1. The number of fused-ring (bicyclic) bond motifs is 4. The molecule has 0 saturated carbocycles. The quantitative estimate of drug-likeness (QED) is 0.538. The number of rotatable bonds is 6. The number of hydrogen-bond donors (Lipinski definition) is 1. The van der Waals surface area contributed by atoms with Gasteiger partial charge < -0.3 is 15.0 Å². The average molecular weight is 503 g/mol. The Balaban J connectivity index is 1.31. The number of anilines is 1. The highest BCUT2D eigenvalue weighted by Crippen LogP contribution is 2.40. The van der Waals surface area contributed by atoms with E-state index in [4.69, 9.17) is 9.72 Å². The van der Waals surface area contributed by atoms with Gasteiger partial charge in [-0.25, -0.2) is 4.39 Å². The molecule has 2 atom stereocenters. The molecular weight excluding hydrogens is 467 g/mol. The molecule has 4 saturated heterocycles. The molecule has 37 heavy (non-hydrogen) atoms. The summed E-state index contributed by atoms with van der Waals surface area (Å²) in [5.41, 5.74) is 2.61. The first-order valence-electron chi connectivity index (χ1n) is 14.0. The lowest BCUT2D eigenvalue weighted by molar-refractivity contribution is 0.108. The summed E-state index contributed by atoms with van der Waals surface area (Å²) in [6.07, 6.45) is 9.59. The molecule has 4 fully saturated rings. The zero-order valence-corrected chi connectivity index (χ0v) is 21.5. The molecule has 0 amide bonds. The Morgan fingerprint density at radius 1 is 1.08 bits per heavy atom. The second-order valence-electron chi connectivity index (χ2n) is 11.3. The zero-order valence-electron chi connectivity index (χ0n) is 21.5. The maximum Gasteiger partial charge on any atom is 0.319 e. The molecule has 2 bridgehead atoms. The standard InChI is InChI=1S/C29H35FN6O/c1-2-19-7-3-4-8-22(19)25-24(30)26-23(15-31-25)27(35-16-20-9-10-21(17-35)32-20)34-28(33-26)37-18-29-11-5-13-36(29)14-6-12-29/h3-4,7-8,15,20-21,32H,2,5-6,9-14,16-18H2,1H3/t20-,21+. The fourth-order valence-electron chi connectivity index (χ4n) is 7.20. The largest absolute Gasteiger partial charge is 0.461 e. The van der Waals surface area contributed by atoms with Gasteiger partial charge in [-0.15, -0.1) is 0 Å². The van der Waals surface area contributed by atoms with Crippen molar-refractivity contribution in [2.75, 3.05) is 37.7 Å². The summed E-state index contributed by atoms with van der Waals surface area (Å²) >= 11 is 0. The third-order valence-corrected chi connectivity index (χ3v) is 9.09. The van der Waals surface area contributed by atoms with E-state index in [2.05, 4.69) is 32.0 Å². The molecule has 4 aliphatic heterocycles. The number of nitrogens with one attached hydrogen (secondary N) is 1. The Morgan fingerprint density at radius 2 is 1.84 bits per heavy atom. The van der Waals surface area contributed by atoms with E-state index in [1.807, 2.05) is 24.3 Å². The molecule has 2 aromatic heterocycles. The molecule has 7 nitrogen and oxygen atoms in total. The van der Waals surface area contributed by atoms with E-state index < -0.39 is 5.82 Å². The number of benzene rings is 1. The van der Waals surface area contributed by atoms with Crippen molar-refractivity contribution in [1.29, 1.82) is 0 Å². The first kappa shape index (κ1) is 23.3. The van der Waals surface area contributed by atoms with Crippen LogP contribution in [0.2, 0.25) is 0 Å². The molecule has 0 aliphatic carbocycles. The van der Waals surface area contributed by atoms with E-state index in [1.165, 1.54) is 12.8 Å². The molecule has 4 aliphatic rings. The van der Waals surface area contributed by atoms with Crippen LogP contribution in [0.5, 0.6) is 6.01 Å². The Morgan fingerprint density at radius 3 is 2.59 bits per heavy atom. The Labute approximate surface area is 217 Å². The van der Waals surface area contributed by atoms with Gasteiger partial charge >= 0.3 is 6.01 Å². The summed E-state index contributed by atoms with van der Waals surface area (Å²) in [4.78, 5) is 19.1. The van der Waals surface area contributed by atoms with Crippen LogP contribution >= 0.6 is 0 Å². The van der Waals surface area contributed by atoms with E-state index >= 15 is 4.39 Å². The van der Waals surface area contributed by atoms with Gasteiger partial charge in [0, 0.05) is 36.9 Å². The molecule has 0 unspecified atom stereocenters. The third-order valence-electron chi connectivity index (χ3n) is 9.09. The second-order valence-corrected chi connectivity index (χ2v) is 11.3. The van der Waals surface area contributed by atoms with Gasteiger partial charge in [-0.2, -0.15) is 9.97 Å². The predicted octanol–water partition coefficient (Wildman–Crippen LogP) is 4.34. The van der Waals surface area contributed by atoms with Crippen molar-refractivity contribution in [3.8, 4) is 17.3 Å². The number of aryl methyl sites for hydroxylation is 1. The van der Waals surface area contributed by atoms with E-state index in [1.54, 1.807) is 6.20 Å². The normalized spacial score (nSPS) is 24.6. The molecule has 6 heterocycles. The van der Waals surface area contributed by atoms with Gasteiger partial charge in [0.05, 0.1) is 10.9 Å². The highest BCUT2D eigenvalue weighted by Gasteiger charge is 2.45. The molecule has 1 N–H and O–H groups in total. The van der Waals surface area contributed by atoms with Gasteiger partial charge in [-0.1, -0.05) is 31.2 Å². The number of pyridine rings is 1. The Hall–Kier alpha value is -2.84. The number of piperazine rings is 1. The van der Waals surface area contributed by atoms with Crippen LogP contribution in [0.15, 0.2) is 30.5 Å². The summed E-state index contributed by atoms with van der Waals surface area (Å²) < 4.78 is 22.6.